The van der Waals surface area contributed by atoms with Gasteiger partial charge in [0.25, 0.3) is 0 Å². The highest BCUT2D eigenvalue weighted by molar-refractivity contribution is 5.87. The molecule has 0 aliphatic heterocycles. The highest BCUT2D eigenvalue weighted by Gasteiger charge is 2.20. The van der Waals surface area contributed by atoms with Crippen molar-refractivity contribution < 1.29 is 33.3 Å². The van der Waals surface area contributed by atoms with Crippen molar-refractivity contribution in [2.75, 3.05) is 19.8 Å². The van der Waals surface area contributed by atoms with Crippen molar-refractivity contribution in [3.63, 3.8) is 0 Å². The molecule has 0 saturated heterocycles. The topological polar surface area (TPSA) is 88.1 Å². The van der Waals surface area contributed by atoms with E-state index in [1.54, 1.807) is 6.92 Å². The van der Waals surface area contributed by atoms with E-state index < -0.39 is 24.2 Å². The van der Waals surface area contributed by atoms with Crippen molar-refractivity contribution in [2.24, 2.45) is 0 Å². The van der Waals surface area contributed by atoms with Crippen LogP contribution >= 0.6 is 0 Å². The van der Waals surface area contributed by atoms with Crippen molar-refractivity contribution in [1.82, 2.24) is 0 Å². The molecule has 0 heterocycles. The van der Waals surface area contributed by atoms with Gasteiger partial charge in [0.2, 0.25) is 0 Å². The van der Waals surface area contributed by atoms with E-state index in [9.17, 15) is 14.4 Å². The molecule has 7 heteroatoms. The molecule has 0 radical (unpaired) electrons. The fourth-order valence-corrected chi connectivity index (χ4v) is 0.988. The van der Waals surface area contributed by atoms with Gasteiger partial charge in [-0.2, -0.15) is 0 Å². The summed E-state index contributed by atoms with van der Waals surface area (Å²) >= 11 is 0. The zero-order chi connectivity index (χ0) is 16.4. The normalized spacial score (nSPS) is 9.71. The molecule has 0 aromatic heterocycles. The maximum absolute atomic E-state index is 11.3. The van der Waals surface area contributed by atoms with Crippen molar-refractivity contribution in [3.05, 3.63) is 24.3 Å². The Balaban J connectivity index is 4.49. The first-order chi connectivity index (χ1) is 9.77. The first-order valence-electron chi connectivity index (χ1n) is 6.26. The minimum absolute atomic E-state index is 0.128. The molecule has 0 aliphatic carbocycles. The molecule has 21 heavy (non-hydrogen) atoms. The lowest BCUT2D eigenvalue weighted by Crippen LogP contribution is -2.31. The number of esters is 2. The number of rotatable bonds is 8. The second-order valence-electron chi connectivity index (χ2n) is 4.18. The SMILES string of the molecule is C=C(C)C(=O)OCC(COC(=O)C(=C)C)OC(=O)OCC. The minimum Gasteiger partial charge on any atom is -0.458 e. The monoisotopic (exact) mass is 300 g/mol. The average molecular weight is 300 g/mol. The summed E-state index contributed by atoms with van der Waals surface area (Å²) in [5, 5.41) is 0. The summed E-state index contributed by atoms with van der Waals surface area (Å²) in [5.41, 5.74) is 0.396. The van der Waals surface area contributed by atoms with E-state index in [1.165, 1.54) is 13.8 Å². The first kappa shape index (κ1) is 18.7. The van der Waals surface area contributed by atoms with Crippen LogP contribution < -0.4 is 0 Å². The Labute approximate surface area is 123 Å². The third-order valence-electron chi connectivity index (χ3n) is 2.02. The Morgan fingerprint density at radius 1 is 0.905 bits per heavy atom. The lowest BCUT2D eigenvalue weighted by molar-refractivity contribution is -0.148. The van der Waals surface area contributed by atoms with E-state index in [1.807, 2.05) is 0 Å². The molecule has 0 atom stereocenters. The largest absolute Gasteiger partial charge is 0.508 e. The maximum Gasteiger partial charge on any atom is 0.508 e. The molecule has 0 saturated carbocycles. The predicted octanol–water partition coefficient (Wildman–Crippen LogP) is 1.77. The quantitative estimate of drug-likeness (QED) is 0.383. The molecular weight excluding hydrogens is 280 g/mol. The van der Waals surface area contributed by atoms with Gasteiger partial charge in [0, 0.05) is 11.1 Å². The fraction of sp³-hybridized carbons (Fsp3) is 0.500. The standard InChI is InChI=1S/C14H20O7/c1-6-18-14(17)21-11(7-19-12(15)9(2)3)8-20-13(16)10(4)5/h11H,2,4,6-8H2,1,3,5H3. The van der Waals surface area contributed by atoms with Crippen LogP contribution in [0.4, 0.5) is 4.79 Å². The van der Waals surface area contributed by atoms with Crippen LogP contribution in [0, 0.1) is 0 Å². The molecule has 0 rings (SSSR count). The van der Waals surface area contributed by atoms with Gasteiger partial charge in [-0.15, -0.1) is 0 Å². The van der Waals surface area contributed by atoms with Gasteiger partial charge in [-0.3, -0.25) is 0 Å². The summed E-state index contributed by atoms with van der Waals surface area (Å²) < 4.78 is 19.2. The Kier molecular flexibility index (Phi) is 8.52. The zero-order valence-electron chi connectivity index (χ0n) is 12.5. The van der Waals surface area contributed by atoms with Gasteiger partial charge in [0.1, 0.15) is 13.2 Å². The molecule has 0 aromatic carbocycles. The van der Waals surface area contributed by atoms with Gasteiger partial charge >= 0.3 is 18.1 Å². The minimum atomic E-state index is -0.976. The second-order valence-corrected chi connectivity index (χ2v) is 4.18. The zero-order valence-corrected chi connectivity index (χ0v) is 12.5. The van der Waals surface area contributed by atoms with Crippen molar-refractivity contribution in [2.45, 2.75) is 26.9 Å². The third-order valence-corrected chi connectivity index (χ3v) is 2.02. The highest BCUT2D eigenvalue weighted by Crippen LogP contribution is 2.03. The number of carbonyl (C=O) groups is 3. The lowest BCUT2D eigenvalue weighted by Gasteiger charge is -2.17. The van der Waals surface area contributed by atoms with Crippen LogP contribution in [0.25, 0.3) is 0 Å². The van der Waals surface area contributed by atoms with E-state index in [4.69, 9.17) is 14.2 Å². The van der Waals surface area contributed by atoms with Gasteiger partial charge in [-0.05, 0) is 20.8 Å². The molecule has 0 aliphatic rings. The van der Waals surface area contributed by atoms with Crippen LogP contribution in [0.15, 0.2) is 24.3 Å². The third kappa shape index (κ3) is 8.46. The molecule has 0 aromatic rings. The van der Waals surface area contributed by atoms with Gasteiger partial charge in [-0.25, -0.2) is 14.4 Å². The molecule has 7 nitrogen and oxygen atoms in total. The van der Waals surface area contributed by atoms with Gasteiger partial charge in [0.05, 0.1) is 6.61 Å². The van der Waals surface area contributed by atoms with E-state index in [2.05, 4.69) is 17.9 Å². The maximum atomic E-state index is 11.3. The van der Waals surface area contributed by atoms with E-state index >= 15 is 0 Å². The first-order valence-corrected chi connectivity index (χ1v) is 6.26. The Bertz CT molecular complexity index is 395. The summed E-state index contributed by atoms with van der Waals surface area (Å²) in [7, 11) is 0. The molecule has 0 unspecified atom stereocenters. The molecule has 0 spiro atoms. The molecular formula is C14H20O7. The Hall–Kier alpha value is -2.31. The fourth-order valence-electron chi connectivity index (χ4n) is 0.988. The predicted molar refractivity (Wildman–Crippen MR) is 73.4 cm³/mol. The van der Waals surface area contributed by atoms with Crippen LogP contribution in [-0.4, -0.2) is 44.0 Å². The van der Waals surface area contributed by atoms with Crippen molar-refractivity contribution >= 4 is 18.1 Å². The number of hydrogen-bond donors (Lipinski definition) is 0. The van der Waals surface area contributed by atoms with Crippen molar-refractivity contribution in [3.8, 4) is 0 Å². The van der Waals surface area contributed by atoms with Gasteiger partial charge in [-0.1, -0.05) is 13.2 Å². The second kappa shape index (κ2) is 9.57. The summed E-state index contributed by atoms with van der Waals surface area (Å²) in [6.45, 7) is 11.0. The van der Waals surface area contributed by atoms with Crippen LogP contribution in [0.2, 0.25) is 0 Å². The molecule has 0 fully saturated rings. The molecule has 0 amide bonds. The molecule has 0 bridgehead atoms. The van der Waals surface area contributed by atoms with E-state index in [0.717, 1.165) is 0 Å². The summed E-state index contributed by atoms with van der Waals surface area (Å²) in [5.74, 6) is -1.28. The smallest absolute Gasteiger partial charge is 0.458 e. The van der Waals surface area contributed by atoms with Crippen LogP contribution in [0.1, 0.15) is 20.8 Å². The Morgan fingerprint density at radius 2 is 1.33 bits per heavy atom. The average Bonchev–Trinajstić information content (AvgIpc) is 2.40. The highest BCUT2D eigenvalue weighted by atomic mass is 16.7. The number of carbonyl (C=O) groups excluding carboxylic acids is 3. The summed E-state index contributed by atoms with van der Waals surface area (Å²) in [6, 6.07) is 0. The van der Waals surface area contributed by atoms with Gasteiger partial charge in [0.15, 0.2) is 6.10 Å². The molecule has 118 valence electrons. The summed E-state index contributed by atoms with van der Waals surface area (Å²) in [6.07, 6.45) is -1.92. The molecule has 0 N–H and O–H groups in total. The number of hydrogen-bond acceptors (Lipinski definition) is 7. The Morgan fingerprint density at radius 3 is 1.67 bits per heavy atom. The van der Waals surface area contributed by atoms with Gasteiger partial charge < -0.3 is 18.9 Å². The summed E-state index contributed by atoms with van der Waals surface area (Å²) in [4.78, 5) is 33.8. The van der Waals surface area contributed by atoms with E-state index in [-0.39, 0.29) is 31.0 Å². The van der Waals surface area contributed by atoms with Crippen LogP contribution in [0.5, 0.6) is 0 Å². The lowest BCUT2D eigenvalue weighted by atomic mass is 10.3. The van der Waals surface area contributed by atoms with Crippen molar-refractivity contribution in [1.29, 1.82) is 0 Å². The van der Waals surface area contributed by atoms with E-state index in [0.29, 0.717) is 0 Å². The van der Waals surface area contributed by atoms with Crippen LogP contribution in [-0.2, 0) is 28.5 Å². The van der Waals surface area contributed by atoms with Crippen LogP contribution in [0.3, 0.4) is 0 Å². The number of ether oxygens (including phenoxy) is 4.